The highest BCUT2D eigenvalue weighted by Crippen LogP contribution is 2.38. The summed E-state index contributed by atoms with van der Waals surface area (Å²) >= 11 is 12.1. The first-order valence-corrected chi connectivity index (χ1v) is 17.4. The molecular formula is C36H36Cl2F3N3O4S. The molecule has 1 atom stereocenters. The Bertz CT molecular complexity index is 1900. The number of hydrogen-bond donors (Lipinski definition) is 1. The van der Waals surface area contributed by atoms with Gasteiger partial charge in [-0.15, -0.1) is 0 Å². The average molecular weight is 735 g/mol. The second kappa shape index (κ2) is 15.2. The summed E-state index contributed by atoms with van der Waals surface area (Å²) < 4.78 is 70.9. The van der Waals surface area contributed by atoms with Gasteiger partial charge in [0, 0.05) is 23.5 Å². The summed E-state index contributed by atoms with van der Waals surface area (Å²) in [6.07, 6.45) is -4.86. The molecule has 0 bridgehead atoms. The number of carbonyl (C=O) groups is 2. The van der Waals surface area contributed by atoms with Crippen LogP contribution in [0.2, 0.25) is 10.0 Å². The third-order valence-electron chi connectivity index (χ3n) is 7.44. The number of nitrogens with one attached hydrogen (secondary N) is 1. The van der Waals surface area contributed by atoms with Crippen molar-refractivity contribution in [3.8, 4) is 0 Å². The van der Waals surface area contributed by atoms with Gasteiger partial charge in [0.05, 0.1) is 21.2 Å². The smallest absolute Gasteiger partial charge is 0.350 e. The van der Waals surface area contributed by atoms with Crippen LogP contribution < -0.4 is 9.62 Å². The van der Waals surface area contributed by atoms with Gasteiger partial charge in [0.1, 0.15) is 12.6 Å². The lowest BCUT2D eigenvalue weighted by atomic mass is 10.0. The van der Waals surface area contributed by atoms with Crippen molar-refractivity contribution in [2.45, 2.75) is 63.3 Å². The highest BCUT2D eigenvalue weighted by molar-refractivity contribution is 7.92. The van der Waals surface area contributed by atoms with Crippen LogP contribution in [-0.4, -0.2) is 43.3 Å². The number of benzene rings is 4. The van der Waals surface area contributed by atoms with Gasteiger partial charge in [-0.3, -0.25) is 13.9 Å². The first-order valence-electron chi connectivity index (χ1n) is 15.2. The van der Waals surface area contributed by atoms with Gasteiger partial charge in [-0.05, 0) is 81.3 Å². The number of rotatable bonds is 11. The van der Waals surface area contributed by atoms with Crippen molar-refractivity contribution in [1.29, 1.82) is 0 Å². The fraction of sp³-hybridized carbons (Fsp3) is 0.278. The Balaban J connectivity index is 1.88. The number of amides is 2. The predicted octanol–water partition coefficient (Wildman–Crippen LogP) is 8.07. The molecule has 13 heteroatoms. The number of carbonyl (C=O) groups excluding carboxylic acids is 2. The summed E-state index contributed by atoms with van der Waals surface area (Å²) in [5, 5.41) is 2.65. The summed E-state index contributed by atoms with van der Waals surface area (Å²) in [4.78, 5) is 29.5. The second-order valence-corrected chi connectivity index (χ2v) is 15.3. The van der Waals surface area contributed by atoms with Crippen LogP contribution in [0.25, 0.3) is 0 Å². The van der Waals surface area contributed by atoms with Crippen LogP contribution in [-0.2, 0) is 38.8 Å². The van der Waals surface area contributed by atoms with Crippen LogP contribution in [0, 0.1) is 6.92 Å². The van der Waals surface area contributed by atoms with Gasteiger partial charge >= 0.3 is 6.18 Å². The lowest BCUT2D eigenvalue weighted by molar-refractivity contribution is -0.140. The monoisotopic (exact) mass is 733 g/mol. The number of aryl methyl sites for hydroxylation is 1. The van der Waals surface area contributed by atoms with E-state index in [0.29, 0.717) is 21.0 Å². The van der Waals surface area contributed by atoms with Gasteiger partial charge in [0.2, 0.25) is 11.8 Å². The molecule has 4 aromatic rings. The molecule has 0 spiro atoms. The van der Waals surface area contributed by atoms with Crippen LogP contribution in [0.4, 0.5) is 18.9 Å². The summed E-state index contributed by atoms with van der Waals surface area (Å²) in [5.41, 5.74) is -0.403. The lowest BCUT2D eigenvalue weighted by Crippen LogP contribution is -2.56. The molecule has 1 N–H and O–H groups in total. The van der Waals surface area contributed by atoms with E-state index in [0.717, 1.165) is 23.3 Å². The highest BCUT2D eigenvalue weighted by Gasteiger charge is 2.38. The van der Waals surface area contributed by atoms with Crippen molar-refractivity contribution in [2.24, 2.45) is 0 Å². The maximum Gasteiger partial charge on any atom is 0.417 e. The van der Waals surface area contributed by atoms with Gasteiger partial charge in [-0.25, -0.2) is 8.42 Å². The molecule has 0 aliphatic heterocycles. The van der Waals surface area contributed by atoms with E-state index < -0.39 is 62.4 Å². The standard InChI is InChI=1S/C36H36Cl2F3N3O4S/c1-24-13-16-29(17-14-24)49(47,48)44(28-15-18-31(38)30(21-28)36(39,40)41)23-33(45)43(22-26-11-8-12-27(37)19-26)32(34(46)42-35(2,3)4)20-25-9-6-5-7-10-25/h5-19,21,32H,20,22-23H2,1-4H3,(H,42,46)/t32-/m1/s1. The van der Waals surface area contributed by atoms with Gasteiger partial charge < -0.3 is 10.2 Å². The molecule has 0 radical (unpaired) electrons. The van der Waals surface area contributed by atoms with E-state index in [1.165, 1.54) is 29.2 Å². The minimum atomic E-state index is -4.92. The predicted molar refractivity (Wildman–Crippen MR) is 186 cm³/mol. The number of sulfonamides is 1. The van der Waals surface area contributed by atoms with E-state index in [-0.39, 0.29) is 17.9 Å². The Morgan fingerprint density at radius 2 is 1.47 bits per heavy atom. The fourth-order valence-electron chi connectivity index (χ4n) is 5.09. The van der Waals surface area contributed by atoms with E-state index in [9.17, 15) is 31.2 Å². The Morgan fingerprint density at radius 3 is 2.06 bits per heavy atom. The number of nitrogens with zero attached hydrogens (tertiary/aromatic N) is 2. The Hall–Kier alpha value is -4.06. The molecule has 0 saturated carbocycles. The van der Waals surface area contributed by atoms with Crippen molar-refractivity contribution in [1.82, 2.24) is 10.2 Å². The van der Waals surface area contributed by atoms with Gasteiger partial charge in [-0.1, -0.05) is 83.4 Å². The topological polar surface area (TPSA) is 86.8 Å². The highest BCUT2D eigenvalue weighted by atomic mass is 35.5. The van der Waals surface area contributed by atoms with Crippen molar-refractivity contribution in [3.05, 3.63) is 129 Å². The number of halogens is 5. The molecule has 0 aliphatic carbocycles. The van der Waals surface area contributed by atoms with E-state index in [4.69, 9.17) is 23.2 Å². The van der Waals surface area contributed by atoms with E-state index in [1.807, 2.05) is 0 Å². The third kappa shape index (κ3) is 9.99. The van der Waals surface area contributed by atoms with Crippen LogP contribution in [0.5, 0.6) is 0 Å². The normalized spacial score (nSPS) is 12.7. The van der Waals surface area contributed by atoms with Gasteiger partial charge in [0.15, 0.2) is 0 Å². The van der Waals surface area contributed by atoms with Gasteiger partial charge in [-0.2, -0.15) is 13.2 Å². The molecule has 7 nitrogen and oxygen atoms in total. The number of anilines is 1. The summed E-state index contributed by atoms with van der Waals surface area (Å²) in [5.74, 6) is -1.35. The average Bonchev–Trinajstić information content (AvgIpc) is 3.01. The van der Waals surface area contributed by atoms with E-state index in [2.05, 4.69) is 5.32 Å². The number of alkyl halides is 3. The van der Waals surface area contributed by atoms with E-state index >= 15 is 0 Å². The van der Waals surface area contributed by atoms with Crippen molar-refractivity contribution >= 4 is 50.7 Å². The minimum absolute atomic E-state index is 0.0545. The third-order valence-corrected chi connectivity index (χ3v) is 9.80. The summed E-state index contributed by atoms with van der Waals surface area (Å²) in [7, 11) is -4.63. The molecular weight excluding hydrogens is 698 g/mol. The number of hydrogen-bond acceptors (Lipinski definition) is 4. The minimum Gasteiger partial charge on any atom is -0.350 e. The lowest BCUT2D eigenvalue weighted by Gasteiger charge is -2.35. The zero-order valence-corrected chi connectivity index (χ0v) is 29.6. The molecule has 2 amide bonds. The molecule has 0 saturated heterocycles. The summed E-state index contributed by atoms with van der Waals surface area (Å²) in [6.45, 7) is 5.98. The molecule has 49 heavy (non-hydrogen) atoms. The van der Waals surface area contributed by atoms with Crippen LogP contribution in [0.1, 0.15) is 43.0 Å². The van der Waals surface area contributed by atoms with E-state index in [1.54, 1.807) is 82.3 Å². The van der Waals surface area contributed by atoms with Crippen LogP contribution >= 0.6 is 23.2 Å². The largest absolute Gasteiger partial charge is 0.417 e. The molecule has 0 fully saturated rings. The molecule has 0 aliphatic rings. The SMILES string of the molecule is Cc1ccc(S(=O)(=O)N(CC(=O)N(Cc2cccc(Cl)c2)[C@H](Cc2ccccc2)C(=O)NC(C)(C)C)c2ccc(Cl)c(C(F)(F)F)c2)cc1. The summed E-state index contributed by atoms with van der Waals surface area (Å²) in [6, 6.07) is 22.7. The van der Waals surface area contributed by atoms with Crippen molar-refractivity contribution < 1.29 is 31.2 Å². The molecule has 260 valence electrons. The molecule has 4 aromatic carbocycles. The van der Waals surface area contributed by atoms with Crippen LogP contribution in [0.3, 0.4) is 0 Å². The fourth-order valence-corrected chi connectivity index (χ4v) is 6.93. The molecule has 0 unspecified atom stereocenters. The van der Waals surface area contributed by atoms with Crippen LogP contribution in [0.15, 0.2) is 102 Å². The second-order valence-electron chi connectivity index (χ2n) is 12.6. The maximum atomic E-state index is 14.6. The molecule has 4 rings (SSSR count). The van der Waals surface area contributed by atoms with Crippen molar-refractivity contribution in [2.75, 3.05) is 10.8 Å². The quantitative estimate of drug-likeness (QED) is 0.169. The Morgan fingerprint density at radius 1 is 0.837 bits per heavy atom. The molecule has 0 aromatic heterocycles. The zero-order chi connectivity index (χ0) is 36.1. The first kappa shape index (κ1) is 37.8. The maximum absolute atomic E-state index is 14.6. The zero-order valence-electron chi connectivity index (χ0n) is 27.3. The first-order chi connectivity index (χ1) is 22.8. The Kier molecular flexibility index (Phi) is 11.7. The Labute approximate surface area is 294 Å². The molecule has 0 heterocycles. The van der Waals surface area contributed by atoms with Crippen molar-refractivity contribution in [3.63, 3.8) is 0 Å². The van der Waals surface area contributed by atoms with Gasteiger partial charge in [0.25, 0.3) is 10.0 Å².